The van der Waals surface area contributed by atoms with Crippen LogP contribution in [0.2, 0.25) is 0 Å². The molecule has 3 heterocycles. The number of unbranched alkanes of at least 4 members (excludes halogenated alkanes) is 1. The second-order valence-electron chi connectivity index (χ2n) is 12.1. The predicted octanol–water partition coefficient (Wildman–Crippen LogP) is 1.82. The fourth-order valence-electron chi connectivity index (χ4n) is 5.20. The van der Waals surface area contributed by atoms with Crippen molar-refractivity contribution in [2.45, 2.75) is 78.1 Å². The average Bonchev–Trinajstić information content (AvgIpc) is 3.72. The highest BCUT2D eigenvalue weighted by Gasteiger charge is 2.44. The van der Waals surface area contributed by atoms with Gasteiger partial charge in [0.1, 0.15) is 12.1 Å². The van der Waals surface area contributed by atoms with Crippen molar-refractivity contribution < 1.29 is 19.5 Å². The molecule has 3 atom stereocenters. The van der Waals surface area contributed by atoms with Gasteiger partial charge in [-0.25, -0.2) is 4.98 Å². The number of benzene rings is 1. The van der Waals surface area contributed by atoms with Crippen molar-refractivity contribution >= 4 is 29.1 Å². The predicted molar refractivity (Wildman–Crippen MR) is 165 cm³/mol. The molecule has 2 aromatic rings. The highest BCUT2D eigenvalue weighted by Crippen LogP contribution is 2.28. The smallest absolute Gasteiger partial charge is 0.246 e. The molecule has 2 aliphatic heterocycles. The van der Waals surface area contributed by atoms with Crippen molar-refractivity contribution in [2.24, 2.45) is 11.1 Å². The molecule has 6 N–H and O–H groups in total. The molecule has 4 rings (SSSR count). The molecule has 0 radical (unpaired) electrons. The summed E-state index contributed by atoms with van der Waals surface area (Å²) in [5, 5.41) is 19.9. The molecule has 1 unspecified atom stereocenters. The topological polar surface area (TPSA) is 156 Å². The molecule has 3 amide bonds. The Bertz CT molecular complexity index is 1290. The van der Waals surface area contributed by atoms with Crippen LogP contribution in [0.5, 0.6) is 0 Å². The number of carbonyl (C=O) groups excluding carboxylic acids is 3. The third-order valence-electron chi connectivity index (χ3n) is 7.64. The van der Waals surface area contributed by atoms with Gasteiger partial charge in [-0.15, -0.1) is 16.9 Å². The summed E-state index contributed by atoms with van der Waals surface area (Å²) in [4.78, 5) is 46.8. The molecule has 43 heavy (non-hydrogen) atoms. The highest BCUT2D eigenvalue weighted by atomic mass is 32.1. The number of nitrogens with zero attached hydrogens (tertiary/aromatic N) is 4. The summed E-state index contributed by atoms with van der Waals surface area (Å²) in [6.45, 7) is 9.01. The van der Waals surface area contributed by atoms with Gasteiger partial charge >= 0.3 is 0 Å². The van der Waals surface area contributed by atoms with Crippen LogP contribution in [0, 0.1) is 12.3 Å². The van der Waals surface area contributed by atoms with Gasteiger partial charge in [0.15, 0.2) is 0 Å². The zero-order valence-corrected chi connectivity index (χ0v) is 26.2. The number of aromatic nitrogens is 1. The Morgan fingerprint density at radius 1 is 1.16 bits per heavy atom. The second-order valence-corrected chi connectivity index (χ2v) is 13.0. The number of aryl methyl sites for hydroxylation is 1. The van der Waals surface area contributed by atoms with Crippen molar-refractivity contribution in [3.8, 4) is 10.4 Å². The van der Waals surface area contributed by atoms with Crippen molar-refractivity contribution in [3.63, 3.8) is 0 Å². The lowest BCUT2D eigenvalue weighted by Crippen LogP contribution is -2.57. The summed E-state index contributed by atoms with van der Waals surface area (Å²) in [7, 11) is 0. The zero-order valence-electron chi connectivity index (χ0n) is 25.4. The van der Waals surface area contributed by atoms with Gasteiger partial charge in [-0.05, 0) is 36.3 Å². The quantitative estimate of drug-likeness (QED) is 0.226. The monoisotopic (exact) mass is 612 g/mol. The number of amides is 3. The van der Waals surface area contributed by atoms with Crippen molar-refractivity contribution in [1.82, 2.24) is 36.1 Å². The van der Waals surface area contributed by atoms with Crippen LogP contribution in [-0.4, -0.2) is 80.7 Å². The first-order chi connectivity index (χ1) is 20.5. The summed E-state index contributed by atoms with van der Waals surface area (Å²) >= 11 is 1.58. The largest absolute Gasteiger partial charge is 0.391 e. The molecule has 13 heteroatoms. The number of likely N-dealkylation sites (tertiary alicyclic amines) is 1. The van der Waals surface area contributed by atoms with E-state index in [-0.39, 0.29) is 37.1 Å². The lowest BCUT2D eigenvalue weighted by molar-refractivity contribution is -0.144. The maximum absolute atomic E-state index is 13.8. The van der Waals surface area contributed by atoms with Crippen LogP contribution in [0.4, 0.5) is 0 Å². The Morgan fingerprint density at radius 3 is 2.51 bits per heavy atom. The average molecular weight is 613 g/mol. The fourth-order valence-corrected chi connectivity index (χ4v) is 6.01. The number of hydrogen-bond donors (Lipinski definition) is 5. The first kappa shape index (κ1) is 32.4. The van der Waals surface area contributed by atoms with E-state index >= 15 is 0 Å². The number of aliphatic hydroxyl groups is 1. The Kier molecular flexibility index (Phi) is 10.8. The van der Waals surface area contributed by atoms with E-state index in [0.29, 0.717) is 26.2 Å². The van der Waals surface area contributed by atoms with Gasteiger partial charge in [-0.3, -0.25) is 24.4 Å². The van der Waals surface area contributed by atoms with Crippen LogP contribution in [-0.2, 0) is 20.9 Å². The summed E-state index contributed by atoms with van der Waals surface area (Å²) in [5.41, 5.74) is 12.9. The van der Waals surface area contributed by atoms with Gasteiger partial charge < -0.3 is 26.4 Å². The number of β-amino-alcohol motifs (C(OH)–C–C–N with tert-alkyl or cyclic N) is 1. The van der Waals surface area contributed by atoms with Gasteiger partial charge in [-0.2, -0.15) is 0 Å². The highest BCUT2D eigenvalue weighted by molar-refractivity contribution is 7.13. The number of hydrogen-bond acceptors (Lipinski definition) is 10. The number of carbonyl (C=O) groups is 3. The number of nitrogens with two attached hydrogens (primary N) is 1. The van der Waals surface area contributed by atoms with Crippen LogP contribution in [0.1, 0.15) is 57.7 Å². The molecule has 2 aliphatic rings. The first-order valence-corrected chi connectivity index (χ1v) is 15.6. The van der Waals surface area contributed by atoms with E-state index in [1.807, 2.05) is 74.9 Å². The molecule has 0 bridgehead atoms. The third kappa shape index (κ3) is 8.53. The molecule has 1 fully saturated rings. The minimum atomic E-state index is -0.843. The van der Waals surface area contributed by atoms with Crippen molar-refractivity contribution in [2.75, 3.05) is 19.8 Å². The van der Waals surface area contributed by atoms with E-state index in [1.165, 1.54) is 4.90 Å². The Balaban J connectivity index is 1.30. The molecule has 1 aromatic carbocycles. The Labute approximate surface area is 257 Å². The number of rotatable bonds is 12. The summed E-state index contributed by atoms with van der Waals surface area (Å²) in [5.74, 6) is -0.918. The normalized spacial score (nSPS) is 19.2. The number of nitrogens with one attached hydrogen (secondary N) is 3. The maximum atomic E-state index is 13.8. The number of aliphatic hydroxyl groups excluding tert-OH is 1. The van der Waals surface area contributed by atoms with Gasteiger partial charge in [-0.1, -0.05) is 45.0 Å². The molecule has 1 saturated heterocycles. The molecule has 0 spiro atoms. The lowest BCUT2D eigenvalue weighted by atomic mass is 9.85. The standard InChI is InChI=1S/C30H44N8O4S/c1-20-26(43-19-33-20)22-10-8-21(9-11-22)16-32-28(41)24-15-23(39)17-38(24)29(42)27(30(2,3)4)34-25(40)7-5-6-12-36-13-14-37(18-31)35-36/h8-11,13-14,19,23-24,27,35,39H,5-7,12,15-18,31H2,1-4H3,(H,32,41)(H,34,40)/t23-,24+,27?/m1/s1. The molecular formula is C30H44N8O4S. The Morgan fingerprint density at radius 2 is 1.88 bits per heavy atom. The lowest BCUT2D eigenvalue weighted by Gasteiger charge is -2.35. The van der Waals surface area contributed by atoms with Crippen LogP contribution in [0.3, 0.4) is 0 Å². The van der Waals surface area contributed by atoms with Gasteiger partial charge in [0.05, 0.1) is 28.9 Å². The number of hydrazine groups is 2. The first-order valence-electron chi connectivity index (χ1n) is 14.7. The molecule has 1 aromatic heterocycles. The molecule has 234 valence electrons. The van der Waals surface area contributed by atoms with E-state index in [1.54, 1.807) is 16.3 Å². The summed E-state index contributed by atoms with van der Waals surface area (Å²) in [6.07, 6.45) is 4.74. The number of thiazole rings is 1. The minimum absolute atomic E-state index is 0.0401. The van der Waals surface area contributed by atoms with E-state index in [2.05, 4.69) is 21.2 Å². The van der Waals surface area contributed by atoms with Crippen LogP contribution in [0.25, 0.3) is 10.4 Å². The zero-order chi connectivity index (χ0) is 31.1. The summed E-state index contributed by atoms with van der Waals surface area (Å²) < 4.78 is 0. The van der Waals surface area contributed by atoms with Crippen molar-refractivity contribution in [3.05, 3.63) is 53.4 Å². The van der Waals surface area contributed by atoms with Crippen molar-refractivity contribution in [1.29, 1.82) is 0 Å². The van der Waals surface area contributed by atoms with Gasteiger partial charge in [0, 0.05) is 44.9 Å². The van der Waals surface area contributed by atoms with Crippen LogP contribution in [0.15, 0.2) is 42.2 Å². The fraction of sp³-hybridized carbons (Fsp3) is 0.533. The van der Waals surface area contributed by atoms with Gasteiger partial charge in [0.2, 0.25) is 17.7 Å². The van der Waals surface area contributed by atoms with Gasteiger partial charge in [0.25, 0.3) is 0 Å². The molecule has 0 saturated carbocycles. The SMILES string of the molecule is Cc1ncsc1-c1ccc(CNC(=O)[C@@H]2C[C@@H](O)CN2C(=O)C(NC(=O)CCCCN2C=CN(CN)N2)C(C)(C)C)cc1. The molecule has 0 aliphatic carbocycles. The van der Waals surface area contributed by atoms with E-state index < -0.39 is 23.6 Å². The van der Waals surface area contributed by atoms with E-state index in [9.17, 15) is 19.5 Å². The summed E-state index contributed by atoms with van der Waals surface area (Å²) in [6, 6.07) is 6.26. The molecule has 12 nitrogen and oxygen atoms in total. The molecular weight excluding hydrogens is 568 g/mol. The third-order valence-corrected chi connectivity index (χ3v) is 8.62. The Hall–Kier alpha value is -3.52. The van der Waals surface area contributed by atoms with Crippen LogP contribution < -0.4 is 21.9 Å². The van der Waals surface area contributed by atoms with E-state index in [4.69, 9.17) is 5.73 Å². The van der Waals surface area contributed by atoms with E-state index in [0.717, 1.165) is 28.1 Å². The minimum Gasteiger partial charge on any atom is -0.391 e. The maximum Gasteiger partial charge on any atom is 0.246 e. The van der Waals surface area contributed by atoms with Crippen LogP contribution >= 0.6 is 11.3 Å². The second kappa shape index (κ2) is 14.3.